The maximum atomic E-state index is 4.00. The molecule has 0 bridgehead atoms. The molecule has 2 unspecified atom stereocenters. The average Bonchev–Trinajstić information content (AvgIpc) is 2.15. The van der Waals surface area contributed by atoms with E-state index in [9.17, 15) is 0 Å². The van der Waals surface area contributed by atoms with Crippen LogP contribution >= 0.6 is 0 Å². The Balaban J connectivity index is 2.33. The van der Waals surface area contributed by atoms with Gasteiger partial charge in [-0.1, -0.05) is 0 Å². The summed E-state index contributed by atoms with van der Waals surface area (Å²) in [6.07, 6.45) is 1.99. The molecule has 1 N–H and O–H groups in total. The van der Waals surface area contributed by atoms with Crippen molar-refractivity contribution in [3.8, 4) is 0 Å². The molecule has 0 aliphatic carbocycles. The Kier molecular flexibility index (Phi) is 2.27. The Bertz CT molecular complexity index is 131. The van der Waals surface area contributed by atoms with Crippen molar-refractivity contribution < 1.29 is 0 Å². The van der Waals surface area contributed by atoms with Crippen molar-refractivity contribution in [2.45, 2.75) is 13.0 Å². The minimum Gasteiger partial charge on any atom is -0.309 e. The molecule has 0 aromatic heterocycles. The first-order valence-corrected chi connectivity index (χ1v) is 3.63. The zero-order chi connectivity index (χ0) is 7.56. The van der Waals surface area contributed by atoms with E-state index < -0.39 is 0 Å². The van der Waals surface area contributed by atoms with Crippen LogP contribution in [0.5, 0.6) is 0 Å². The van der Waals surface area contributed by atoms with Crippen LogP contribution in [0.2, 0.25) is 0 Å². The van der Waals surface area contributed by atoms with E-state index in [1.165, 1.54) is 0 Å². The highest BCUT2D eigenvalue weighted by Crippen LogP contribution is 2.06. The second-order valence-corrected chi connectivity index (χ2v) is 3.12. The third kappa shape index (κ3) is 1.70. The molecule has 0 aromatic carbocycles. The summed E-state index contributed by atoms with van der Waals surface area (Å²) < 4.78 is 0. The summed E-state index contributed by atoms with van der Waals surface area (Å²) >= 11 is 0. The van der Waals surface area contributed by atoms with Gasteiger partial charge >= 0.3 is 0 Å². The molecule has 1 heterocycles. The number of hydrogen-bond donors (Lipinski definition) is 1. The Morgan fingerprint density at radius 3 is 2.70 bits per heavy atom. The Morgan fingerprint density at radius 1 is 1.60 bits per heavy atom. The molecule has 2 atom stereocenters. The third-order valence-electron chi connectivity index (χ3n) is 1.76. The molecule has 1 aliphatic rings. The summed E-state index contributed by atoms with van der Waals surface area (Å²) in [6, 6.07) is 0.502. The number of rotatable bonds is 2. The molecule has 0 saturated heterocycles. The fraction of sp³-hybridized carbons (Fsp3) is 0.857. The van der Waals surface area contributed by atoms with Gasteiger partial charge in [0.2, 0.25) is 0 Å². The van der Waals surface area contributed by atoms with Crippen molar-refractivity contribution in [3.63, 3.8) is 0 Å². The monoisotopic (exact) mass is 141 g/mol. The minimum atomic E-state index is 0.502. The first-order chi connectivity index (χ1) is 4.70. The minimum absolute atomic E-state index is 0.502. The van der Waals surface area contributed by atoms with Crippen molar-refractivity contribution in [3.05, 3.63) is 0 Å². The highest BCUT2D eigenvalue weighted by atomic mass is 15.3. The molecule has 3 nitrogen and oxygen atoms in total. The van der Waals surface area contributed by atoms with Gasteiger partial charge in [-0.05, 0) is 21.0 Å². The topological polar surface area (TPSA) is 27.6 Å². The summed E-state index contributed by atoms with van der Waals surface area (Å²) in [5, 5.41) is 4.00. The molecule has 0 fully saturated rings. The average molecular weight is 141 g/mol. The smallest absolute Gasteiger partial charge is 0.0502 e. The largest absolute Gasteiger partial charge is 0.309 e. The van der Waals surface area contributed by atoms with Gasteiger partial charge in [0.1, 0.15) is 0 Å². The van der Waals surface area contributed by atoms with Gasteiger partial charge < -0.3 is 10.3 Å². The van der Waals surface area contributed by atoms with Crippen LogP contribution in [0, 0.1) is 5.92 Å². The highest BCUT2D eigenvalue weighted by molar-refractivity contribution is 5.63. The lowest BCUT2D eigenvalue weighted by Gasteiger charge is -2.17. The fourth-order valence-electron chi connectivity index (χ4n) is 1.11. The number of nitrogens with one attached hydrogen (secondary N) is 1. The van der Waals surface area contributed by atoms with Gasteiger partial charge in [0.15, 0.2) is 0 Å². The van der Waals surface area contributed by atoms with E-state index in [4.69, 9.17) is 0 Å². The quantitative estimate of drug-likeness (QED) is 0.592. The molecular weight excluding hydrogens is 126 g/mol. The maximum absolute atomic E-state index is 4.00. The van der Waals surface area contributed by atoms with Crippen molar-refractivity contribution in [1.82, 2.24) is 10.3 Å². The summed E-state index contributed by atoms with van der Waals surface area (Å²) in [5.41, 5.74) is 3.02. The van der Waals surface area contributed by atoms with Crippen LogP contribution in [0.1, 0.15) is 6.92 Å². The van der Waals surface area contributed by atoms with Gasteiger partial charge in [0.05, 0.1) is 6.04 Å². The van der Waals surface area contributed by atoms with Crippen LogP contribution < -0.4 is 5.43 Å². The lowest BCUT2D eigenvalue weighted by Crippen LogP contribution is -2.32. The highest BCUT2D eigenvalue weighted by Gasteiger charge is 2.19. The van der Waals surface area contributed by atoms with E-state index >= 15 is 0 Å². The molecule has 1 rings (SSSR count). The molecule has 0 saturated carbocycles. The zero-order valence-corrected chi connectivity index (χ0v) is 6.83. The van der Waals surface area contributed by atoms with E-state index in [1.807, 2.05) is 6.21 Å². The van der Waals surface area contributed by atoms with E-state index in [1.54, 1.807) is 0 Å². The van der Waals surface area contributed by atoms with Gasteiger partial charge in [-0.2, -0.15) is 5.10 Å². The normalized spacial score (nSPS) is 31.2. The van der Waals surface area contributed by atoms with E-state index in [0.717, 1.165) is 6.54 Å². The number of nitrogens with zero attached hydrogens (tertiary/aromatic N) is 2. The van der Waals surface area contributed by atoms with Crippen LogP contribution in [0.3, 0.4) is 0 Å². The Labute approximate surface area is 62.1 Å². The molecule has 3 heteroatoms. The zero-order valence-electron chi connectivity index (χ0n) is 6.83. The SMILES string of the molecule is CC1NN=CC1CN(C)C. The molecule has 10 heavy (non-hydrogen) atoms. The maximum Gasteiger partial charge on any atom is 0.0502 e. The van der Waals surface area contributed by atoms with Crippen molar-refractivity contribution >= 4 is 6.21 Å². The summed E-state index contributed by atoms with van der Waals surface area (Å²) in [7, 11) is 4.16. The van der Waals surface area contributed by atoms with E-state index in [-0.39, 0.29) is 0 Å². The molecule has 0 radical (unpaired) electrons. The number of hydrazone groups is 1. The summed E-state index contributed by atoms with van der Waals surface area (Å²) in [6.45, 7) is 3.23. The van der Waals surface area contributed by atoms with Crippen LogP contribution in [-0.2, 0) is 0 Å². The number of hydrogen-bond acceptors (Lipinski definition) is 3. The standard InChI is InChI=1S/C7H15N3/c1-6-7(4-8-9-6)5-10(2)3/h4,6-7,9H,5H2,1-3H3. The van der Waals surface area contributed by atoms with Crippen LogP contribution in [0.25, 0.3) is 0 Å². The second kappa shape index (κ2) is 3.01. The first kappa shape index (κ1) is 7.54. The van der Waals surface area contributed by atoms with Gasteiger partial charge in [-0.3, -0.25) is 0 Å². The lowest BCUT2D eigenvalue weighted by atomic mass is 10.0. The molecule has 0 spiro atoms. The van der Waals surface area contributed by atoms with Crippen LogP contribution in [0.15, 0.2) is 5.10 Å². The summed E-state index contributed by atoms with van der Waals surface area (Å²) in [4.78, 5) is 2.18. The van der Waals surface area contributed by atoms with Crippen molar-refractivity contribution in [2.75, 3.05) is 20.6 Å². The molecule has 1 aliphatic heterocycles. The van der Waals surface area contributed by atoms with Gasteiger partial charge in [-0.15, -0.1) is 0 Å². The van der Waals surface area contributed by atoms with Crippen LogP contribution in [0.4, 0.5) is 0 Å². The van der Waals surface area contributed by atoms with E-state index in [2.05, 4.69) is 36.4 Å². The van der Waals surface area contributed by atoms with E-state index in [0.29, 0.717) is 12.0 Å². The van der Waals surface area contributed by atoms with Crippen LogP contribution in [-0.4, -0.2) is 37.8 Å². The Morgan fingerprint density at radius 2 is 2.30 bits per heavy atom. The van der Waals surface area contributed by atoms with Crippen molar-refractivity contribution in [2.24, 2.45) is 11.0 Å². The summed E-state index contributed by atoms with van der Waals surface area (Å²) in [5.74, 6) is 0.579. The Hall–Kier alpha value is -0.570. The molecule has 58 valence electrons. The molecular formula is C7H15N3. The predicted molar refractivity (Wildman–Crippen MR) is 43.1 cm³/mol. The third-order valence-corrected chi connectivity index (χ3v) is 1.76. The second-order valence-electron chi connectivity index (χ2n) is 3.12. The lowest BCUT2D eigenvalue weighted by molar-refractivity contribution is 0.344. The predicted octanol–water partition coefficient (Wildman–Crippen LogP) is 0.142. The van der Waals surface area contributed by atoms with Crippen molar-refractivity contribution in [1.29, 1.82) is 0 Å². The fourth-order valence-corrected chi connectivity index (χ4v) is 1.11. The molecule has 0 amide bonds. The first-order valence-electron chi connectivity index (χ1n) is 3.63. The van der Waals surface area contributed by atoms with Gasteiger partial charge in [0, 0.05) is 18.7 Å². The van der Waals surface area contributed by atoms with Gasteiger partial charge in [0.25, 0.3) is 0 Å². The van der Waals surface area contributed by atoms with Gasteiger partial charge in [-0.25, -0.2) is 0 Å². The molecule has 0 aromatic rings.